The molecule has 5 nitrogen and oxygen atoms in total. The summed E-state index contributed by atoms with van der Waals surface area (Å²) < 4.78 is 41.3. The molecule has 1 N–H and O–H groups in total. The molecule has 2 aliphatic rings. The number of hydrogen-bond donors (Lipinski definition) is 1. The fourth-order valence-corrected chi connectivity index (χ4v) is 4.91. The van der Waals surface area contributed by atoms with Gasteiger partial charge in [-0.1, -0.05) is 11.6 Å². The predicted molar refractivity (Wildman–Crippen MR) is 97.7 cm³/mol. The number of aryl methyl sites for hydroxylation is 1. The molecule has 0 saturated carbocycles. The van der Waals surface area contributed by atoms with Gasteiger partial charge in [-0.2, -0.15) is 0 Å². The Balaban J connectivity index is 1.76. The number of nitrogens with zero attached hydrogens (tertiary/aromatic N) is 1. The van der Waals surface area contributed by atoms with Gasteiger partial charge in [-0.05, 0) is 61.2 Å². The number of nitrogens with one attached hydrogen (secondary N) is 1. The molecule has 0 aliphatic carbocycles. The average Bonchev–Trinajstić information content (AvgIpc) is 2.85. The third kappa shape index (κ3) is 2.66. The second-order valence-corrected chi connectivity index (χ2v) is 8.66. The van der Waals surface area contributed by atoms with Crippen LogP contribution in [0.3, 0.4) is 0 Å². The fraction of sp³-hybridized carbons (Fsp3) is 0.278. The minimum absolute atomic E-state index is 0.00812. The van der Waals surface area contributed by atoms with E-state index in [9.17, 15) is 17.6 Å². The molecule has 2 aromatic rings. The van der Waals surface area contributed by atoms with Gasteiger partial charge in [0.05, 0.1) is 27.2 Å². The maximum Gasteiger partial charge on any atom is 0.261 e. The summed E-state index contributed by atoms with van der Waals surface area (Å²) in [6.45, 7) is 2.46. The summed E-state index contributed by atoms with van der Waals surface area (Å²) in [6.07, 6.45) is 1.53. The highest BCUT2D eigenvalue weighted by molar-refractivity contribution is 7.92. The van der Waals surface area contributed by atoms with Gasteiger partial charge in [0.2, 0.25) is 5.91 Å². The second-order valence-electron chi connectivity index (χ2n) is 6.57. The maximum atomic E-state index is 13.3. The zero-order valence-corrected chi connectivity index (χ0v) is 15.5. The Morgan fingerprint density at radius 2 is 2.04 bits per heavy atom. The predicted octanol–water partition coefficient (Wildman–Crippen LogP) is 3.68. The van der Waals surface area contributed by atoms with Crippen LogP contribution >= 0.6 is 11.6 Å². The van der Waals surface area contributed by atoms with Crippen LogP contribution in [0.25, 0.3) is 0 Å². The van der Waals surface area contributed by atoms with Crippen LogP contribution in [-0.4, -0.2) is 20.9 Å². The molecule has 0 spiro atoms. The van der Waals surface area contributed by atoms with E-state index in [1.807, 2.05) is 0 Å². The van der Waals surface area contributed by atoms with Crippen LogP contribution in [0.15, 0.2) is 35.2 Å². The lowest BCUT2D eigenvalue weighted by molar-refractivity contribution is -0.119. The number of amides is 1. The molecule has 136 valence electrons. The van der Waals surface area contributed by atoms with E-state index in [0.717, 1.165) is 35.7 Å². The molecule has 0 fully saturated rings. The number of hydrogen-bond acceptors (Lipinski definition) is 3. The van der Waals surface area contributed by atoms with Gasteiger partial charge in [-0.3, -0.25) is 9.52 Å². The van der Waals surface area contributed by atoms with Crippen LogP contribution in [0.5, 0.6) is 0 Å². The third-order valence-corrected chi connectivity index (χ3v) is 6.53. The van der Waals surface area contributed by atoms with Crippen molar-refractivity contribution < 1.29 is 17.6 Å². The average molecular weight is 395 g/mol. The number of carbonyl (C=O) groups excluding carboxylic acids is 1. The molecular formula is C18H16ClFN2O3S. The van der Waals surface area contributed by atoms with E-state index in [1.54, 1.807) is 24.0 Å². The molecule has 2 aromatic carbocycles. The Morgan fingerprint density at radius 1 is 1.27 bits per heavy atom. The Kier molecular flexibility index (Phi) is 3.96. The molecule has 0 radical (unpaired) electrons. The van der Waals surface area contributed by atoms with E-state index < -0.39 is 15.8 Å². The first-order chi connectivity index (χ1) is 12.3. The summed E-state index contributed by atoms with van der Waals surface area (Å²) >= 11 is 5.72. The van der Waals surface area contributed by atoms with Crippen molar-refractivity contribution in [2.75, 3.05) is 16.2 Å². The lowest BCUT2D eigenvalue weighted by atomic mass is 9.97. The summed E-state index contributed by atoms with van der Waals surface area (Å²) in [5, 5.41) is -0.163. The zero-order chi connectivity index (χ0) is 18.6. The molecule has 0 aromatic heterocycles. The van der Waals surface area contributed by atoms with Gasteiger partial charge in [0.1, 0.15) is 5.82 Å². The van der Waals surface area contributed by atoms with Crippen LogP contribution in [0.1, 0.15) is 30.4 Å². The molecule has 1 amide bonds. The molecule has 0 bridgehead atoms. The number of rotatable bonds is 3. The molecule has 2 heterocycles. The number of anilines is 2. The molecule has 2 aliphatic heterocycles. The normalized spacial score (nSPS) is 18.8. The lowest BCUT2D eigenvalue weighted by Gasteiger charge is -2.26. The topological polar surface area (TPSA) is 66.5 Å². The molecule has 1 atom stereocenters. The highest BCUT2D eigenvalue weighted by Gasteiger charge is 2.38. The van der Waals surface area contributed by atoms with Crippen molar-refractivity contribution in [3.63, 3.8) is 0 Å². The number of carbonyl (C=O) groups is 1. The van der Waals surface area contributed by atoms with E-state index in [-0.39, 0.29) is 27.4 Å². The van der Waals surface area contributed by atoms with Gasteiger partial charge in [-0.25, -0.2) is 12.8 Å². The van der Waals surface area contributed by atoms with E-state index >= 15 is 0 Å². The van der Waals surface area contributed by atoms with Gasteiger partial charge in [0, 0.05) is 6.54 Å². The Hall–Kier alpha value is -2.12. The summed E-state index contributed by atoms with van der Waals surface area (Å²) in [7, 11) is -3.89. The first-order valence-corrected chi connectivity index (χ1v) is 10.1. The third-order valence-electron chi connectivity index (χ3n) is 4.87. The Bertz CT molecular complexity index is 1040. The number of benzene rings is 2. The number of halogens is 2. The highest BCUT2D eigenvalue weighted by atomic mass is 35.5. The SMILES string of the molecule is CC1C(=O)N2CCCc3cc(S(=O)(=O)Nc4ccc(F)c(Cl)c4)cc1c32. The van der Waals surface area contributed by atoms with E-state index in [1.165, 1.54) is 12.1 Å². The zero-order valence-electron chi connectivity index (χ0n) is 13.9. The van der Waals surface area contributed by atoms with Crippen molar-refractivity contribution in [3.05, 3.63) is 52.3 Å². The minimum atomic E-state index is -3.89. The molecule has 8 heteroatoms. The Morgan fingerprint density at radius 3 is 2.77 bits per heavy atom. The standard InChI is InChI=1S/C18H16ClFN2O3S/c1-10-14-9-13(7-11-3-2-6-22(17(11)14)18(10)23)26(24,25)21-12-4-5-16(20)15(19)8-12/h4-5,7-10,21H,2-3,6H2,1H3. The van der Waals surface area contributed by atoms with Crippen molar-refractivity contribution in [3.8, 4) is 0 Å². The molecule has 0 saturated heterocycles. The molecule has 26 heavy (non-hydrogen) atoms. The van der Waals surface area contributed by atoms with Gasteiger partial charge >= 0.3 is 0 Å². The highest BCUT2D eigenvalue weighted by Crippen LogP contribution is 2.44. The van der Waals surface area contributed by atoms with E-state index in [4.69, 9.17) is 11.6 Å². The minimum Gasteiger partial charge on any atom is -0.311 e. The molecule has 1 unspecified atom stereocenters. The van der Waals surface area contributed by atoms with Crippen LogP contribution in [-0.2, 0) is 21.2 Å². The van der Waals surface area contributed by atoms with Crippen LogP contribution in [0, 0.1) is 5.82 Å². The molecular weight excluding hydrogens is 379 g/mol. The summed E-state index contributed by atoms with van der Waals surface area (Å²) in [6, 6.07) is 6.80. The fourth-order valence-electron chi connectivity index (χ4n) is 3.59. The van der Waals surface area contributed by atoms with Crippen molar-refractivity contribution in [1.29, 1.82) is 0 Å². The second kappa shape index (κ2) is 5.96. The van der Waals surface area contributed by atoms with Crippen LogP contribution in [0.2, 0.25) is 5.02 Å². The van der Waals surface area contributed by atoms with E-state index in [2.05, 4.69) is 4.72 Å². The van der Waals surface area contributed by atoms with Gasteiger partial charge in [0.15, 0.2) is 0 Å². The smallest absolute Gasteiger partial charge is 0.261 e. The lowest BCUT2D eigenvalue weighted by Crippen LogP contribution is -2.32. The van der Waals surface area contributed by atoms with Gasteiger partial charge < -0.3 is 4.90 Å². The molecule has 4 rings (SSSR count). The largest absolute Gasteiger partial charge is 0.311 e. The summed E-state index contributed by atoms with van der Waals surface area (Å²) in [4.78, 5) is 14.3. The van der Waals surface area contributed by atoms with Crippen LogP contribution < -0.4 is 9.62 Å². The quantitative estimate of drug-likeness (QED) is 0.863. The van der Waals surface area contributed by atoms with Crippen molar-refractivity contribution in [1.82, 2.24) is 0 Å². The van der Waals surface area contributed by atoms with Gasteiger partial charge in [-0.15, -0.1) is 0 Å². The van der Waals surface area contributed by atoms with Crippen LogP contribution in [0.4, 0.5) is 15.8 Å². The number of sulfonamides is 1. The maximum absolute atomic E-state index is 13.3. The summed E-state index contributed by atoms with van der Waals surface area (Å²) in [5.74, 6) is -0.977. The monoisotopic (exact) mass is 394 g/mol. The first-order valence-electron chi connectivity index (χ1n) is 8.24. The van der Waals surface area contributed by atoms with Crippen molar-refractivity contribution >= 4 is 38.9 Å². The summed E-state index contributed by atoms with van der Waals surface area (Å²) in [5.41, 5.74) is 2.64. The van der Waals surface area contributed by atoms with Gasteiger partial charge in [0.25, 0.3) is 10.0 Å². The van der Waals surface area contributed by atoms with Crippen molar-refractivity contribution in [2.24, 2.45) is 0 Å². The van der Waals surface area contributed by atoms with E-state index in [0.29, 0.717) is 6.54 Å². The first kappa shape index (κ1) is 17.3. The van der Waals surface area contributed by atoms with Crippen molar-refractivity contribution in [2.45, 2.75) is 30.6 Å². The Labute approximate surface area is 155 Å².